The van der Waals surface area contributed by atoms with Crippen LogP contribution in [0.2, 0.25) is 0 Å². The second kappa shape index (κ2) is 8.34. The summed E-state index contributed by atoms with van der Waals surface area (Å²) in [4.78, 5) is 26.9. The number of hydrogen-bond acceptors (Lipinski definition) is 4. The van der Waals surface area contributed by atoms with Crippen LogP contribution in [0.25, 0.3) is 11.1 Å². The number of hydrogen-bond donors (Lipinski definition) is 3. The highest BCUT2D eigenvalue weighted by molar-refractivity contribution is 5.89. The first-order valence-electron chi connectivity index (χ1n) is 10.0. The third-order valence-electron chi connectivity index (χ3n) is 5.39. The van der Waals surface area contributed by atoms with Crippen molar-refractivity contribution >= 4 is 17.7 Å². The summed E-state index contributed by atoms with van der Waals surface area (Å²) in [5.74, 6) is 0.507. The van der Waals surface area contributed by atoms with Gasteiger partial charge >= 0.3 is 6.09 Å². The lowest BCUT2D eigenvalue weighted by atomic mass is 9.77. The first kappa shape index (κ1) is 21.6. The van der Waals surface area contributed by atoms with Crippen LogP contribution in [0.5, 0.6) is 5.75 Å². The molecular formula is C23H29N3O4. The smallest absolute Gasteiger partial charge is 0.404 e. The van der Waals surface area contributed by atoms with Crippen molar-refractivity contribution in [2.75, 3.05) is 11.9 Å². The molecule has 1 saturated carbocycles. The van der Waals surface area contributed by atoms with Crippen LogP contribution in [0, 0.1) is 10.8 Å². The highest BCUT2D eigenvalue weighted by Gasteiger charge is 2.54. The fourth-order valence-electron chi connectivity index (χ4n) is 3.95. The largest absolute Gasteiger partial charge is 0.491 e. The number of carbonyl (C=O) groups is 2. The van der Waals surface area contributed by atoms with E-state index >= 15 is 0 Å². The number of benzene rings is 1. The van der Waals surface area contributed by atoms with E-state index < -0.39 is 6.09 Å². The van der Waals surface area contributed by atoms with E-state index in [1.165, 1.54) is 6.92 Å². The second-order valence-electron chi connectivity index (χ2n) is 9.07. The second-order valence-corrected chi connectivity index (χ2v) is 9.07. The van der Waals surface area contributed by atoms with Gasteiger partial charge < -0.3 is 20.5 Å². The Labute approximate surface area is 176 Å². The van der Waals surface area contributed by atoms with Gasteiger partial charge in [0.25, 0.3) is 0 Å². The summed E-state index contributed by atoms with van der Waals surface area (Å²) >= 11 is 0. The van der Waals surface area contributed by atoms with Crippen molar-refractivity contribution in [1.82, 2.24) is 10.3 Å². The monoisotopic (exact) mass is 411 g/mol. The number of aromatic nitrogens is 1. The molecule has 3 rings (SSSR count). The van der Waals surface area contributed by atoms with Gasteiger partial charge in [-0.1, -0.05) is 32.9 Å². The molecule has 1 aromatic carbocycles. The number of carboxylic acid groups (broad SMARTS) is 1. The number of nitrogens with one attached hydrogen (secondary N) is 2. The standard InChI is InChI=1S/C23H29N3O4/c1-15(27)25-18-7-5-6-16(10-18)17-11-19(13-24-12-17)30-14-23(8-9-23)20(22(2,3)4)26-21(28)29/h5-7,10-13,20,26H,8-9,14H2,1-4H3,(H,25,27)(H,28,29). The number of pyridine rings is 1. The molecule has 0 bridgehead atoms. The molecule has 0 radical (unpaired) electrons. The molecule has 1 heterocycles. The molecule has 0 aliphatic heterocycles. The Bertz CT molecular complexity index is 932. The number of anilines is 1. The van der Waals surface area contributed by atoms with Crippen LogP contribution in [0.1, 0.15) is 40.5 Å². The van der Waals surface area contributed by atoms with Crippen molar-refractivity contribution in [2.24, 2.45) is 10.8 Å². The Morgan fingerprint density at radius 1 is 1.20 bits per heavy atom. The first-order chi connectivity index (χ1) is 14.1. The maximum absolute atomic E-state index is 11.3. The highest BCUT2D eigenvalue weighted by atomic mass is 16.5. The van der Waals surface area contributed by atoms with Gasteiger partial charge in [-0.05, 0) is 42.0 Å². The average Bonchev–Trinajstić information content (AvgIpc) is 3.44. The number of rotatable bonds is 7. The summed E-state index contributed by atoms with van der Waals surface area (Å²) in [7, 11) is 0. The normalized spacial score (nSPS) is 15.7. The number of carbonyl (C=O) groups excluding carboxylic acids is 1. The lowest BCUT2D eigenvalue weighted by molar-refractivity contribution is -0.114. The van der Waals surface area contributed by atoms with Gasteiger partial charge in [-0.3, -0.25) is 9.78 Å². The Balaban J connectivity index is 1.74. The van der Waals surface area contributed by atoms with E-state index in [9.17, 15) is 14.7 Å². The van der Waals surface area contributed by atoms with Gasteiger partial charge in [0.1, 0.15) is 5.75 Å². The summed E-state index contributed by atoms with van der Waals surface area (Å²) < 4.78 is 6.08. The number of ether oxygens (including phenoxy) is 1. The molecule has 1 atom stereocenters. The molecule has 7 nitrogen and oxygen atoms in total. The molecule has 160 valence electrons. The SMILES string of the molecule is CC(=O)Nc1cccc(-c2cncc(OCC3(C(NC(=O)O)C(C)(C)C)CC3)c2)c1. The van der Waals surface area contributed by atoms with Crippen molar-refractivity contribution in [1.29, 1.82) is 0 Å². The topological polar surface area (TPSA) is 101 Å². The van der Waals surface area contributed by atoms with E-state index in [0.29, 0.717) is 12.4 Å². The van der Waals surface area contributed by atoms with Gasteiger partial charge in [-0.2, -0.15) is 0 Å². The minimum absolute atomic E-state index is 0.125. The fraction of sp³-hybridized carbons (Fsp3) is 0.435. The molecule has 1 aliphatic rings. The quantitative estimate of drug-likeness (QED) is 0.621. The zero-order valence-electron chi connectivity index (χ0n) is 17.9. The van der Waals surface area contributed by atoms with Crippen molar-refractivity contribution in [3.05, 3.63) is 42.7 Å². The minimum Gasteiger partial charge on any atom is -0.491 e. The summed E-state index contributed by atoms with van der Waals surface area (Å²) in [6.45, 7) is 8.01. The van der Waals surface area contributed by atoms with Crippen molar-refractivity contribution < 1.29 is 19.4 Å². The average molecular weight is 412 g/mol. The van der Waals surface area contributed by atoms with Gasteiger partial charge in [0.05, 0.1) is 12.8 Å². The predicted molar refractivity (Wildman–Crippen MR) is 116 cm³/mol. The first-order valence-corrected chi connectivity index (χ1v) is 10.0. The zero-order chi connectivity index (χ0) is 21.9. The van der Waals surface area contributed by atoms with E-state index in [-0.39, 0.29) is 22.8 Å². The molecule has 2 aromatic rings. The molecule has 1 fully saturated rings. The van der Waals surface area contributed by atoms with Gasteiger partial charge in [0.2, 0.25) is 5.91 Å². The molecule has 0 spiro atoms. The van der Waals surface area contributed by atoms with Crippen molar-refractivity contribution in [2.45, 2.75) is 46.6 Å². The third kappa shape index (κ3) is 5.28. The molecule has 0 saturated heterocycles. The highest BCUT2D eigenvalue weighted by Crippen LogP contribution is 2.53. The van der Waals surface area contributed by atoms with Gasteiger partial charge in [0.15, 0.2) is 0 Å². The summed E-state index contributed by atoms with van der Waals surface area (Å²) in [5, 5.41) is 14.8. The van der Waals surface area contributed by atoms with Crippen LogP contribution < -0.4 is 15.4 Å². The lowest BCUT2D eigenvalue weighted by Gasteiger charge is -2.37. The van der Waals surface area contributed by atoms with E-state index in [1.54, 1.807) is 12.4 Å². The van der Waals surface area contributed by atoms with Crippen LogP contribution in [0.4, 0.5) is 10.5 Å². The summed E-state index contributed by atoms with van der Waals surface area (Å²) in [5.41, 5.74) is 2.08. The van der Waals surface area contributed by atoms with Crippen molar-refractivity contribution in [3.63, 3.8) is 0 Å². The van der Waals surface area contributed by atoms with Gasteiger partial charge in [-0.15, -0.1) is 0 Å². The van der Waals surface area contributed by atoms with E-state index in [4.69, 9.17) is 4.74 Å². The molecule has 1 unspecified atom stereocenters. The fourth-order valence-corrected chi connectivity index (χ4v) is 3.95. The maximum atomic E-state index is 11.3. The van der Waals surface area contributed by atoms with Crippen molar-refractivity contribution in [3.8, 4) is 16.9 Å². The Hall–Kier alpha value is -3.09. The molecule has 2 amide bonds. The summed E-state index contributed by atoms with van der Waals surface area (Å²) in [6.07, 6.45) is 4.23. The zero-order valence-corrected chi connectivity index (χ0v) is 17.9. The van der Waals surface area contributed by atoms with Crippen LogP contribution in [0.3, 0.4) is 0 Å². The van der Waals surface area contributed by atoms with Crippen LogP contribution in [-0.4, -0.2) is 34.7 Å². The lowest BCUT2D eigenvalue weighted by Crippen LogP contribution is -2.51. The molecule has 1 aliphatic carbocycles. The van der Waals surface area contributed by atoms with Gasteiger partial charge in [-0.25, -0.2) is 4.79 Å². The minimum atomic E-state index is -1.01. The Kier molecular flexibility index (Phi) is 6.01. The van der Waals surface area contributed by atoms with Crippen LogP contribution in [-0.2, 0) is 4.79 Å². The molecule has 1 aromatic heterocycles. The van der Waals surface area contributed by atoms with E-state index in [1.807, 2.05) is 51.1 Å². The number of amides is 2. The molecular weight excluding hydrogens is 382 g/mol. The third-order valence-corrected chi connectivity index (χ3v) is 5.39. The molecule has 30 heavy (non-hydrogen) atoms. The molecule has 3 N–H and O–H groups in total. The van der Waals surface area contributed by atoms with E-state index in [0.717, 1.165) is 29.7 Å². The Morgan fingerprint density at radius 2 is 1.93 bits per heavy atom. The summed E-state index contributed by atoms with van der Waals surface area (Å²) in [6, 6.07) is 9.24. The maximum Gasteiger partial charge on any atom is 0.404 e. The van der Waals surface area contributed by atoms with Crippen LogP contribution >= 0.6 is 0 Å². The van der Waals surface area contributed by atoms with Gasteiger partial charge in [0, 0.05) is 35.8 Å². The Morgan fingerprint density at radius 3 is 2.53 bits per heavy atom. The van der Waals surface area contributed by atoms with E-state index in [2.05, 4.69) is 15.6 Å². The molecule has 7 heteroatoms. The predicted octanol–water partition coefficient (Wildman–Crippen LogP) is 4.55. The van der Waals surface area contributed by atoms with Crippen LogP contribution in [0.15, 0.2) is 42.7 Å². The number of nitrogens with zero attached hydrogens (tertiary/aromatic N) is 1.